The molecule has 1 amide bonds. The van der Waals surface area contributed by atoms with Gasteiger partial charge in [-0.05, 0) is 37.1 Å². The molecule has 7 heteroatoms. The molecule has 0 unspecified atom stereocenters. The first kappa shape index (κ1) is 21.3. The van der Waals surface area contributed by atoms with Gasteiger partial charge in [0.1, 0.15) is 5.75 Å². The summed E-state index contributed by atoms with van der Waals surface area (Å²) in [5.74, 6) is 0.416. The van der Waals surface area contributed by atoms with Crippen LogP contribution in [-0.2, 0) is 28.0 Å². The first-order valence-electron chi connectivity index (χ1n) is 8.48. The minimum atomic E-state index is -3.57. The van der Waals surface area contributed by atoms with Crippen molar-refractivity contribution in [1.82, 2.24) is 4.90 Å². The Hall–Kier alpha value is -2.05. The highest BCUT2D eigenvalue weighted by molar-refractivity contribution is 7.86. The van der Waals surface area contributed by atoms with E-state index >= 15 is 0 Å². The van der Waals surface area contributed by atoms with Gasteiger partial charge in [0.15, 0.2) is 0 Å². The van der Waals surface area contributed by atoms with Crippen LogP contribution in [0.25, 0.3) is 0 Å². The molecule has 0 saturated carbocycles. The van der Waals surface area contributed by atoms with Crippen LogP contribution < -0.4 is 4.18 Å². The first-order chi connectivity index (χ1) is 12.6. The van der Waals surface area contributed by atoms with Crippen molar-refractivity contribution in [1.29, 1.82) is 0 Å². The second-order valence-corrected chi connectivity index (χ2v) is 8.94. The fraction of sp³-hybridized carbons (Fsp3) is 0.350. The van der Waals surface area contributed by atoms with Crippen molar-refractivity contribution < 1.29 is 17.4 Å². The first-order valence-corrected chi connectivity index (χ1v) is 10.8. The Balaban J connectivity index is 2.22. The smallest absolute Gasteiger partial charge is 0.306 e. The van der Waals surface area contributed by atoms with Crippen LogP contribution >= 0.6 is 11.6 Å². The Kier molecular flexibility index (Phi) is 6.89. The van der Waals surface area contributed by atoms with Crippen LogP contribution in [0.15, 0.2) is 54.6 Å². The van der Waals surface area contributed by atoms with E-state index in [0.29, 0.717) is 13.1 Å². The summed E-state index contributed by atoms with van der Waals surface area (Å²) in [6.45, 7) is 4.49. The third-order valence-corrected chi connectivity index (χ3v) is 5.12. The SMILES string of the molecule is CC(C)(CCl)C(=O)N(Cc1ccccc1)Cc1ccc(OS(C)(=O)=O)cc1. The number of carbonyl (C=O) groups is 1. The van der Waals surface area contributed by atoms with Gasteiger partial charge in [-0.1, -0.05) is 42.5 Å². The number of benzene rings is 2. The van der Waals surface area contributed by atoms with Gasteiger partial charge >= 0.3 is 10.1 Å². The second-order valence-electron chi connectivity index (χ2n) is 7.10. The topological polar surface area (TPSA) is 63.7 Å². The summed E-state index contributed by atoms with van der Waals surface area (Å²) in [5, 5.41) is 0. The standard InChI is InChI=1S/C20H24ClNO4S/c1-20(2,15-21)19(23)22(13-16-7-5-4-6-8-16)14-17-9-11-18(12-10-17)26-27(3,24)25/h4-12H,13-15H2,1-3H3. The van der Waals surface area contributed by atoms with Crippen molar-refractivity contribution in [2.45, 2.75) is 26.9 Å². The van der Waals surface area contributed by atoms with Gasteiger partial charge in [-0.15, -0.1) is 11.6 Å². The molecule has 2 aromatic rings. The van der Waals surface area contributed by atoms with Crippen molar-refractivity contribution in [2.24, 2.45) is 5.41 Å². The molecule has 0 saturated heterocycles. The second kappa shape index (κ2) is 8.76. The molecule has 5 nitrogen and oxygen atoms in total. The summed E-state index contributed by atoms with van der Waals surface area (Å²) in [5.41, 5.74) is 1.20. The average molecular weight is 410 g/mol. The van der Waals surface area contributed by atoms with Crippen LogP contribution in [0.2, 0.25) is 0 Å². The molecule has 0 atom stereocenters. The molecule has 0 aliphatic heterocycles. The van der Waals surface area contributed by atoms with Gasteiger partial charge in [0.2, 0.25) is 5.91 Å². The Morgan fingerprint density at radius 2 is 1.52 bits per heavy atom. The van der Waals surface area contributed by atoms with Crippen molar-refractivity contribution in [3.05, 3.63) is 65.7 Å². The molecular formula is C20H24ClNO4S. The Labute approximate surface area is 166 Å². The van der Waals surface area contributed by atoms with Gasteiger partial charge in [-0.2, -0.15) is 8.42 Å². The number of alkyl halides is 1. The highest BCUT2D eigenvalue weighted by atomic mass is 35.5. The quantitative estimate of drug-likeness (QED) is 0.491. The monoisotopic (exact) mass is 409 g/mol. The zero-order valence-electron chi connectivity index (χ0n) is 15.7. The molecule has 0 N–H and O–H groups in total. The number of hydrogen-bond donors (Lipinski definition) is 0. The van der Waals surface area contributed by atoms with Gasteiger partial charge in [0.25, 0.3) is 0 Å². The largest absolute Gasteiger partial charge is 0.383 e. The van der Waals surface area contributed by atoms with Gasteiger partial charge < -0.3 is 9.08 Å². The van der Waals surface area contributed by atoms with Crippen LogP contribution in [0.1, 0.15) is 25.0 Å². The van der Waals surface area contributed by atoms with E-state index in [2.05, 4.69) is 0 Å². The Bertz CT molecular complexity index is 865. The molecule has 2 rings (SSSR count). The number of halogens is 1. The summed E-state index contributed by atoms with van der Waals surface area (Å²) in [6, 6.07) is 16.4. The molecular weight excluding hydrogens is 386 g/mol. The lowest BCUT2D eigenvalue weighted by atomic mass is 9.93. The zero-order valence-corrected chi connectivity index (χ0v) is 17.3. The van der Waals surface area contributed by atoms with E-state index in [1.54, 1.807) is 29.2 Å². The highest BCUT2D eigenvalue weighted by Crippen LogP contribution is 2.24. The molecule has 0 heterocycles. The molecule has 0 bridgehead atoms. The number of rotatable bonds is 8. The summed E-state index contributed by atoms with van der Waals surface area (Å²) >= 11 is 6.00. The number of carbonyl (C=O) groups excluding carboxylic acids is 1. The molecule has 2 aromatic carbocycles. The van der Waals surface area contributed by atoms with Gasteiger partial charge in [-0.25, -0.2) is 0 Å². The lowest BCUT2D eigenvalue weighted by Gasteiger charge is -2.31. The predicted octanol–water partition coefficient (Wildman–Crippen LogP) is 3.82. The summed E-state index contributed by atoms with van der Waals surface area (Å²) in [4.78, 5) is 14.8. The van der Waals surface area contributed by atoms with E-state index in [9.17, 15) is 13.2 Å². The van der Waals surface area contributed by atoms with Crippen LogP contribution in [0.4, 0.5) is 0 Å². The normalized spacial score (nSPS) is 11.9. The third kappa shape index (κ3) is 6.56. The summed E-state index contributed by atoms with van der Waals surface area (Å²) < 4.78 is 27.3. The lowest BCUT2D eigenvalue weighted by Crippen LogP contribution is -2.41. The minimum absolute atomic E-state index is 0.0437. The average Bonchev–Trinajstić information content (AvgIpc) is 2.61. The van der Waals surface area contributed by atoms with Crippen molar-refractivity contribution in [2.75, 3.05) is 12.1 Å². The summed E-state index contributed by atoms with van der Waals surface area (Å²) in [6.07, 6.45) is 0.995. The van der Waals surface area contributed by atoms with Gasteiger partial charge in [0.05, 0.1) is 11.7 Å². The molecule has 0 aliphatic carbocycles. The maximum atomic E-state index is 13.0. The van der Waals surface area contributed by atoms with E-state index in [1.807, 2.05) is 44.2 Å². The molecule has 0 aliphatic rings. The van der Waals surface area contributed by atoms with Crippen molar-refractivity contribution in [3.8, 4) is 5.75 Å². The molecule has 27 heavy (non-hydrogen) atoms. The fourth-order valence-electron chi connectivity index (χ4n) is 2.53. The number of hydrogen-bond acceptors (Lipinski definition) is 4. The number of amides is 1. The molecule has 0 radical (unpaired) electrons. The number of nitrogens with zero attached hydrogens (tertiary/aromatic N) is 1. The fourth-order valence-corrected chi connectivity index (χ4v) is 3.11. The maximum Gasteiger partial charge on any atom is 0.306 e. The summed E-state index contributed by atoms with van der Waals surface area (Å²) in [7, 11) is -3.57. The highest BCUT2D eigenvalue weighted by Gasteiger charge is 2.31. The van der Waals surface area contributed by atoms with E-state index in [4.69, 9.17) is 15.8 Å². The van der Waals surface area contributed by atoms with E-state index in [1.165, 1.54) is 0 Å². The molecule has 0 aromatic heterocycles. The maximum absolute atomic E-state index is 13.0. The van der Waals surface area contributed by atoms with Crippen LogP contribution in [0, 0.1) is 5.41 Å². The van der Waals surface area contributed by atoms with Crippen LogP contribution in [0.3, 0.4) is 0 Å². The lowest BCUT2D eigenvalue weighted by molar-refractivity contribution is -0.140. The Morgan fingerprint density at radius 3 is 2.00 bits per heavy atom. The van der Waals surface area contributed by atoms with E-state index < -0.39 is 15.5 Å². The van der Waals surface area contributed by atoms with Crippen LogP contribution in [0.5, 0.6) is 5.75 Å². The van der Waals surface area contributed by atoms with E-state index in [0.717, 1.165) is 17.4 Å². The zero-order chi connectivity index (χ0) is 20.1. The van der Waals surface area contributed by atoms with Crippen molar-refractivity contribution >= 4 is 27.6 Å². The van der Waals surface area contributed by atoms with Gasteiger partial charge in [-0.3, -0.25) is 4.79 Å². The van der Waals surface area contributed by atoms with E-state index in [-0.39, 0.29) is 17.5 Å². The molecule has 0 spiro atoms. The minimum Gasteiger partial charge on any atom is -0.383 e. The van der Waals surface area contributed by atoms with Crippen molar-refractivity contribution in [3.63, 3.8) is 0 Å². The van der Waals surface area contributed by atoms with Gasteiger partial charge in [0, 0.05) is 19.0 Å². The molecule has 146 valence electrons. The third-order valence-electron chi connectivity index (χ3n) is 3.96. The predicted molar refractivity (Wildman–Crippen MR) is 107 cm³/mol. The van der Waals surface area contributed by atoms with Crippen LogP contribution in [-0.4, -0.2) is 31.4 Å². The Morgan fingerprint density at radius 1 is 1.00 bits per heavy atom. The molecule has 0 fully saturated rings.